The first-order valence-electron chi connectivity index (χ1n) is 8.78. The Kier molecular flexibility index (Phi) is 6.30. The van der Waals surface area contributed by atoms with Crippen molar-refractivity contribution in [3.8, 4) is 0 Å². The molecule has 0 unspecified atom stereocenters. The summed E-state index contributed by atoms with van der Waals surface area (Å²) in [5.41, 5.74) is 3.55. The van der Waals surface area contributed by atoms with Crippen LogP contribution in [0.25, 0.3) is 6.08 Å². The third-order valence-corrected chi connectivity index (χ3v) is 4.07. The van der Waals surface area contributed by atoms with Gasteiger partial charge in [0.25, 0.3) is 5.91 Å². The number of aliphatic hydroxyl groups is 1. The molecular formula is C22H21N3O2. The number of aryl methyl sites for hydroxylation is 2. The first kappa shape index (κ1) is 18.3. The van der Waals surface area contributed by atoms with Gasteiger partial charge in [-0.2, -0.15) is 0 Å². The normalized spacial score (nSPS) is 11.2. The standard InChI is InChI=1S/C22H21N3O2/c26-21(22(27)23-15-18-9-5-2-6-10-18)14-20-13-19(24-16-25-20)12-11-17-7-3-1-4-8-17/h1-10,13-14,16,26H,11-12,15H2,(H,23,27)/b21-14-. The van der Waals surface area contributed by atoms with Crippen molar-refractivity contribution in [2.24, 2.45) is 0 Å². The highest BCUT2D eigenvalue weighted by atomic mass is 16.3. The van der Waals surface area contributed by atoms with Gasteiger partial charge in [-0.15, -0.1) is 0 Å². The minimum Gasteiger partial charge on any atom is -0.503 e. The monoisotopic (exact) mass is 359 g/mol. The van der Waals surface area contributed by atoms with Crippen molar-refractivity contribution in [1.82, 2.24) is 15.3 Å². The fraction of sp³-hybridized carbons (Fsp3) is 0.136. The van der Waals surface area contributed by atoms with Crippen LogP contribution >= 0.6 is 0 Å². The van der Waals surface area contributed by atoms with E-state index in [-0.39, 0.29) is 5.76 Å². The Morgan fingerprint density at radius 1 is 0.926 bits per heavy atom. The third kappa shape index (κ3) is 5.78. The highest BCUT2D eigenvalue weighted by Gasteiger charge is 2.08. The van der Waals surface area contributed by atoms with Crippen molar-refractivity contribution in [2.45, 2.75) is 19.4 Å². The van der Waals surface area contributed by atoms with Crippen LogP contribution in [0, 0.1) is 0 Å². The van der Waals surface area contributed by atoms with Crippen molar-refractivity contribution >= 4 is 12.0 Å². The van der Waals surface area contributed by atoms with Crippen LogP contribution in [0.1, 0.15) is 22.5 Å². The largest absolute Gasteiger partial charge is 0.503 e. The van der Waals surface area contributed by atoms with E-state index in [1.807, 2.05) is 48.5 Å². The summed E-state index contributed by atoms with van der Waals surface area (Å²) in [6.45, 7) is 0.351. The number of nitrogens with one attached hydrogen (secondary N) is 1. The molecule has 0 aliphatic rings. The average Bonchev–Trinajstić information content (AvgIpc) is 2.72. The van der Waals surface area contributed by atoms with Crippen LogP contribution in [-0.4, -0.2) is 21.0 Å². The summed E-state index contributed by atoms with van der Waals surface area (Å²) in [5.74, 6) is -0.915. The zero-order chi connectivity index (χ0) is 18.9. The zero-order valence-electron chi connectivity index (χ0n) is 14.9. The lowest BCUT2D eigenvalue weighted by Crippen LogP contribution is -2.24. The molecule has 3 aromatic rings. The van der Waals surface area contributed by atoms with Crippen molar-refractivity contribution in [3.63, 3.8) is 0 Å². The lowest BCUT2D eigenvalue weighted by Gasteiger charge is -2.05. The molecule has 5 heteroatoms. The molecule has 0 saturated heterocycles. The Morgan fingerprint density at radius 2 is 1.59 bits per heavy atom. The molecular weight excluding hydrogens is 338 g/mol. The molecule has 0 atom stereocenters. The van der Waals surface area contributed by atoms with Crippen molar-refractivity contribution in [2.75, 3.05) is 0 Å². The van der Waals surface area contributed by atoms with Crippen LogP contribution in [0.2, 0.25) is 0 Å². The first-order valence-corrected chi connectivity index (χ1v) is 8.78. The molecule has 0 fully saturated rings. The molecule has 3 rings (SSSR count). The molecule has 2 N–H and O–H groups in total. The first-order chi connectivity index (χ1) is 13.2. The predicted molar refractivity (Wildman–Crippen MR) is 105 cm³/mol. The molecule has 27 heavy (non-hydrogen) atoms. The summed E-state index contributed by atoms with van der Waals surface area (Å²) in [6, 6.07) is 21.5. The molecule has 1 amide bonds. The maximum Gasteiger partial charge on any atom is 0.286 e. The predicted octanol–water partition coefficient (Wildman–Crippen LogP) is 3.48. The minimum absolute atomic E-state index is 0.351. The number of carbonyl (C=O) groups is 1. The van der Waals surface area contributed by atoms with E-state index in [0.29, 0.717) is 12.2 Å². The van der Waals surface area contributed by atoms with Crippen molar-refractivity contribution in [3.05, 3.63) is 101 Å². The topological polar surface area (TPSA) is 75.1 Å². The number of benzene rings is 2. The number of nitrogens with zero attached hydrogens (tertiary/aromatic N) is 2. The van der Waals surface area contributed by atoms with E-state index in [0.717, 1.165) is 24.1 Å². The Hall–Kier alpha value is -3.47. The second-order valence-corrected chi connectivity index (χ2v) is 6.12. The van der Waals surface area contributed by atoms with Crippen molar-refractivity contribution < 1.29 is 9.90 Å². The summed E-state index contributed by atoms with van der Waals surface area (Å²) in [7, 11) is 0. The van der Waals surface area contributed by atoms with E-state index in [1.54, 1.807) is 6.07 Å². The van der Waals surface area contributed by atoms with Gasteiger partial charge in [0.05, 0.1) is 5.69 Å². The van der Waals surface area contributed by atoms with E-state index < -0.39 is 5.91 Å². The molecule has 0 spiro atoms. The quantitative estimate of drug-likeness (QED) is 0.500. The Morgan fingerprint density at radius 3 is 2.30 bits per heavy atom. The number of rotatable bonds is 7. The number of hydrogen-bond acceptors (Lipinski definition) is 4. The molecule has 0 saturated carbocycles. The third-order valence-electron chi connectivity index (χ3n) is 4.07. The smallest absolute Gasteiger partial charge is 0.286 e. The molecule has 0 aliphatic heterocycles. The second-order valence-electron chi connectivity index (χ2n) is 6.12. The molecule has 0 radical (unpaired) electrons. The van der Waals surface area contributed by atoms with Gasteiger partial charge in [-0.3, -0.25) is 4.79 Å². The number of carbonyl (C=O) groups excluding carboxylic acids is 1. The summed E-state index contributed by atoms with van der Waals surface area (Å²) in [5, 5.41) is 12.7. The second kappa shape index (κ2) is 9.29. The molecule has 5 nitrogen and oxygen atoms in total. The SMILES string of the molecule is O=C(NCc1ccccc1)/C(O)=C/c1cc(CCc2ccccc2)ncn1. The van der Waals surface area contributed by atoms with Gasteiger partial charge in [-0.1, -0.05) is 60.7 Å². The van der Waals surface area contributed by atoms with Gasteiger partial charge in [-0.25, -0.2) is 9.97 Å². The van der Waals surface area contributed by atoms with Gasteiger partial charge in [0.2, 0.25) is 0 Å². The summed E-state index contributed by atoms with van der Waals surface area (Å²) >= 11 is 0. The van der Waals surface area contributed by atoms with E-state index in [9.17, 15) is 9.90 Å². The highest BCUT2D eigenvalue weighted by molar-refractivity contribution is 5.95. The lowest BCUT2D eigenvalue weighted by atomic mass is 10.1. The molecule has 1 aromatic heterocycles. The van der Waals surface area contributed by atoms with Crippen molar-refractivity contribution in [1.29, 1.82) is 0 Å². The van der Waals surface area contributed by atoms with E-state index in [2.05, 4.69) is 27.4 Å². The summed E-state index contributed by atoms with van der Waals surface area (Å²) in [4.78, 5) is 20.4. The number of hydrogen-bond donors (Lipinski definition) is 2. The molecule has 0 aliphatic carbocycles. The fourth-order valence-electron chi connectivity index (χ4n) is 2.62. The molecule has 0 bridgehead atoms. The van der Waals surface area contributed by atoms with Gasteiger partial charge in [0.1, 0.15) is 6.33 Å². The Labute approximate surface area is 158 Å². The number of aromatic nitrogens is 2. The van der Waals surface area contributed by atoms with Gasteiger partial charge >= 0.3 is 0 Å². The van der Waals surface area contributed by atoms with Gasteiger partial charge in [-0.05, 0) is 30.0 Å². The van der Waals surface area contributed by atoms with Crippen LogP contribution in [0.4, 0.5) is 0 Å². The lowest BCUT2D eigenvalue weighted by molar-refractivity contribution is -0.119. The van der Waals surface area contributed by atoms with Gasteiger partial charge in [0, 0.05) is 18.3 Å². The number of amides is 1. The highest BCUT2D eigenvalue weighted by Crippen LogP contribution is 2.08. The Balaban J connectivity index is 1.59. The average molecular weight is 359 g/mol. The fourth-order valence-corrected chi connectivity index (χ4v) is 2.62. The van der Waals surface area contributed by atoms with Gasteiger partial charge < -0.3 is 10.4 Å². The molecule has 1 heterocycles. The van der Waals surface area contributed by atoms with Gasteiger partial charge in [0.15, 0.2) is 5.76 Å². The van der Waals surface area contributed by atoms with Crippen LogP contribution in [0.5, 0.6) is 0 Å². The number of aliphatic hydroxyl groups excluding tert-OH is 1. The van der Waals surface area contributed by atoms with E-state index >= 15 is 0 Å². The Bertz CT molecular complexity index is 909. The zero-order valence-corrected chi connectivity index (χ0v) is 14.9. The molecule has 2 aromatic carbocycles. The van der Waals surface area contributed by atoms with Crippen LogP contribution in [0.15, 0.2) is 78.8 Å². The summed E-state index contributed by atoms with van der Waals surface area (Å²) in [6.07, 6.45) is 4.42. The van der Waals surface area contributed by atoms with E-state index in [1.165, 1.54) is 18.0 Å². The van der Waals surface area contributed by atoms with Crippen LogP contribution in [0.3, 0.4) is 0 Å². The summed E-state index contributed by atoms with van der Waals surface area (Å²) < 4.78 is 0. The molecule has 136 valence electrons. The maximum absolute atomic E-state index is 12.0. The maximum atomic E-state index is 12.0. The van der Waals surface area contributed by atoms with E-state index in [4.69, 9.17) is 0 Å². The minimum atomic E-state index is -0.539. The van der Waals surface area contributed by atoms with Crippen LogP contribution in [-0.2, 0) is 24.2 Å². The van der Waals surface area contributed by atoms with Crippen LogP contribution < -0.4 is 5.32 Å².